The predicted molar refractivity (Wildman–Crippen MR) is 108 cm³/mol. The summed E-state index contributed by atoms with van der Waals surface area (Å²) in [5.41, 5.74) is 2.70. The molecule has 1 amide bonds. The van der Waals surface area contributed by atoms with Crippen LogP contribution in [0.5, 0.6) is 5.75 Å². The Labute approximate surface area is 174 Å². The van der Waals surface area contributed by atoms with E-state index in [1.807, 2.05) is 18.2 Å². The Kier molecular flexibility index (Phi) is 5.17. The van der Waals surface area contributed by atoms with Crippen molar-refractivity contribution in [2.45, 2.75) is 12.5 Å². The fourth-order valence-corrected chi connectivity index (χ4v) is 3.81. The van der Waals surface area contributed by atoms with Crippen LogP contribution in [0.25, 0.3) is 0 Å². The second kappa shape index (κ2) is 7.58. The van der Waals surface area contributed by atoms with E-state index < -0.39 is 6.04 Å². The molecule has 27 heavy (non-hydrogen) atoms. The van der Waals surface area contributed by atoms with E-state index in [1.54, 1.807) is 24.3 Å². The molecule has 1 unspecified atom stereocenters. The first-order valence-corrected chi connectivity index (χ1v) is 9.81. The summed E-state index contributed by atoms with van der Waals surface area (Å²) in [5, 5.41) is 4.06. The van der Waals surface area contributed by atoms with E-state index in [9.17, 15) is 4.79 Å². The van der Waals surface area contributed by atoms with E-state index in [4.69, 9.17) is 32.4 Å². The van der Waals surface area contributed by atoms with Gasteiger partial charge in [-0.2, -0.15) is 0 Å². The monoisotopic (exact) mass is 465 g/mol. The molecule has 1 N–H and O–H groups in total. The highest BCUT2D eigenvalue weighted by Crippen LogP contribution is 2.34. The van der Waals surface area contributed by atoms with Crippen LogP contribution in [0, 0.1) is 0 Å². The van der Waals surface area contributed by atoms with Gasteiger partial charge in [-0.05, 0) is 63.0 Å². The molecule has 0 aliphatic carbocycles. The lowest BCUT2D eigenvalue weighted by Gasteiger charge is -2.21. The van der Waals surface area contributed by atoms with Gasteiger partial charge in [0.25, 0.3) is 5.91 Å². The molecule has 1 aliphatic rings. The van der Waals surface area contributed by atoms with Crippen molar-refractivity contribution in [3.05, 3.63) is 85.7 Å². The quantitative estimate of drug-likeness (QED) is 0.528. The van der Waals surface area contributed by atoms with Gasteiger partial charge >= 0.3 is 0 Å². The molecule has 3 aromatic rings. The van der Waals surface area contributed by atoms with Crippen molar-refractivity contribution in [2.24, 2.45) is 0 Å². The summed E-state index contributed by atoms with van der Waals surface area (Å²) in [6, 6.07) is 12.2. The third kappa shape index (κ3) is 3.86. The molecule has 2 heterocycles. The molecule has 0 spiro atoms. The molecular formula is C20H14BrCl2NO3. The summed E-state index contributed by atoms with van der Waals surface area (Å²) in [7, 11) is 0. The van der Waals surface area contributed by atoms with Crippen LogP contribution in [-0.2, 0) is 6.42 Å². The number of hydrogen-bond acceptors (Lipinski definition) is 3. The average Bonchev–Trinajstić information content (AvgIpc) is 3.30. The summed E-state index contributed by atoms with van der Waals surface area (Å²) < 4.78 is 11.6. The lowest BCUT2D eigenvalue weighted by molar-refractivity contribution is 0.0915. The molecule has 1 aromatic heterocycles. The second-order valence-corrected chi connectivity index (χ2v) is 7.93. The summed E-state index contributed by atoms with van der Waals surface area (Å²) in [6.45, 7) is 0.661. The maximum atomic E-state index is 12.7. The van der Waals surface area contributed by atoms with E-state index in [0.29, 0.717) is 26.7 Å². The van der Waals surface area contributed by atoms with E-state index in [-0.39, 0.29) is 11.7 Å². The molecule has 0 bridgehead atoms. The van der Waals surface area contributed by atoms with Gasteiger partial charge in [0.05, 0.1) is 17.1 Å². The largest absolute Gasteiger partial charge is 0.493 e. The van der Waals surface area contributed by atoms with Crippen molar-refractivity contribution < 1.29 is 13.9 Å². The minimum atomic E-state index is -0.488. The molecule has 4 nitrogen and oxygen atoms in total. The first-order valence-electron chi connectivity index (χ1n) is 8.27. The van der Waals surface area contributed by atoms with E-state index in [2.05, 4.69) is 21.2 Å². The second-order valence-electron chi connectivity index (χ2n) is 6.17. The number of carbonyl (C=O) groups is 1. The van der Waals surface area contributed by atoms with E-state index in [0.717, 1.165) is 23.3 Å². The lowest BCUT2D eigenvalue weighted by Crippen LogP contribution is -2.29. The molecule has 0 saturated carbocycles. The fraction of sp³-hybridized carbons (Fsp3) is 0.150. The highest BCUT2D eigenvalue weighted by molar-refractivity contribution is 9.10. The van der Waals surface area contributed by atoms with Gasteiger partial charge in [-0.25, -0.2) is 0 Å². The summed E-state index contributed by atoms with van der Waals surface area (Å²) in [4.78, 5) is 12.7. The van der Waals surface area contributed by atoms with Crippen molar-refractivity contribution in [1.29, 1.82) is 0 Å². The molecule has 1 aliphatic heterocycles. The first kappa shape index (κ1) is 18.4. The number of nitrogens with one attached hydrogen (secondary N) is 1. The predicted octanol–water partition coefficient (Wildman–Crippen LogP) is 5.80. The van der Waals surface area contributed by atoms with E-state index in [1.165, 1.54) is 6.26 Å². The highest BCUT2D eigenvalue weighted by atomic mass is 79.9. The Morgan fingerprint density at radius 2 is 2.00 bits per heavy atom. The van der Waals surface area contributed by atoms with E-state index >= 15 is 0 Å². The van der Waals surface area contributed by atoms with Gasteiger partial charge in [-0.3, -0.25) is 4.79 Å². The third-order valence-corrected chi connectivity index (χ3v) is 5.38. The zero-order valence-corrected chi connectivity index (χ0v) is 17.1. The molecular weight excluding hydrogens is 453 g/mol. The van der Waals surface area contributed by atoms with Crippen LogP contribution < -0.4 is 10.1 Å². The van der Waals surface area contributed by atoms with Gasteiger partial charge in [-0.15, -0.1) is 0 Å². The smallest absolute Gasteiger partial charge is 0.287 e. The zero-order valence-electron chi connectivity index (χ0n) is 14.0. The van der Waals surface area contributed by atoms with Gasteiger partial charge in [0.1, 0.15) is 12.0 Å². The minimum absolute atomic E-state index is 0.203. The number of amides is 1. The maximum absolute atomic E-state index is 12.7. The minimum Gasteiger partial charge on any atom is -0.493 e. The number of benzene rings is 2. The average molecular weight is 467 g/mol. The SMILES string of the molecule is O=C(NC(c1ccc2c(c1)CCO2)c1cc(Cl)ccc1Cl)c1cc(Br)co1. The van der Waals surface area contributed by atoms with Crippen molar-refractivity contribution in [3.8, 4) is 5.75 Å². The van der Waals surface area contributed by atoms with Gasteiger partial charge in [0.15, 0.2) is 5.76 Å². The standard InChI is InChI=1S/C20H14BrCl2NO3/c21-13-8-18(27-10-13)20(25)24-19(15-9-14(22)2-3-16(15)23)12-1-4-17-11(7-12)5-6-26-17/h1-4,7-10,19H,5-6H2,(H,24,25). The molecule has 138 valence electrons. The normalized spacial score (nSPS) is 13.7. The van der Waals surface area contributed by atoms with Crippen LogP contribution >= 0.6 is 39.1 Å². The molecule has 0 saturated heterocycles. The Hall–Kier alpha value is -1.95. The maximum Gasteiger partial charge on any atom is 0.287 e. The van der Waals surface area contributed by atoms with Crippen molar-refractivity contribution in [3.63, 3.8) is 0 Å². The first-order chi connectivity index (χ1) is 13.0. The molecule has 0 radical (unpaired) electrons. The van der Waals surface area contributed by atoms with Gasteiger partial charge in [0, 0.05) is 22.5 Å². The Balaban J connectivity index is 1.75. The number of fused-ring (bicyclic) bond motifs is 1. The fourth-order valence-electron chi connectivity index (χ4n) is 3.10. The van der Waals surface area contributed by atoms with Crippen LogP contribution in [0.3, 0.4) is 0 Å². The number of halogens is 3. The molecule has 1 atom stereocenters. The number of hydrogen-bond donors (Lipinski definition) is 1. The number of carbonyl (C=O) groups excluding carboxylic acids is 1. The van der Waals surface area contributed by atoms with Crippen LogP contribution in [0.4, 0.5) is 0 Å². The Morgan fingerprint density at radius 1 is 1.15 bits per heavy atom. The molecule has 0 fully saturated rings. The van der Waals surface area contributed by atoms with Crippen molar-refractivity contribution in [2.75, 3.05) is 6.61 Å². The number of rotatable bonds is 4. The van der Waals surface area contributed by atoms with Gasteiger partial charge < -0.3 is 14.5 Å². The van der Waals surface area contributed by atoms with Crippen molar-refractivity contribution >= 4 is 45.0 Å². The summed E-state index contributed by atoms with van der Waals surface area (Å²) in [5.74, 6) is 0.726. The van der Waals surface area contributed by atoms with Crippen molar-refractivity contribution in [1.82, 2.24) is 5.32 Å². The number of furan rings is 1. The Morgan fingerprint density at radius 3 is 2.78 bits per heavy atom. The lowest BCUT2D eigenvalue weighted by atomic mass is 9.96. The molecule has 7 heteroatoms. The molecule has 2 aromatic carbocycles. The Bertz CT molecular complexity index is 1020. The third-order valence-electron chi connectivity index (χ3n) is 4.38. The molecule has 4 rings (SSSR count). The van der Waals surface area contributed by atoms with Crippen LogP contribution in [-0.4, -0.2) is 12.5 Å². The number of ether oxygens (including phenoxy) is 1. The van der Waals surface area contributed by atoms with Crippen LogP contribution in [0.2, 0.25) is 10.0 Å². The highest BCUT2D eigenvalue weighted by Gasteiger charge is 2.24. The zero-order chi connectivity index (χ0) is 19.0. The topological polar surface area (TPSA) is 51.5 Å². The van der Waals surface area contributed by atoms with Gasteiger partial charge in [-0.1, -0.05) is 29.3 Å². The van der Waals surface area contributed by atoms with Crippen LogP contribution in [0.15, 0.2) is 57.6 Å². The van der Waals surface area contributed by atoms with Gasteiger partial charge in [0.2, 0.25) is 0 Å². The summed E-state index contributed by atoms with van der Waals surface area (Å²) >= 11 is 15.9. The summed E-state index contributed by atoms with van der Waals surface area (Å²) in [6.07, 6.45) is 2.29. The van der Waals surface area contributed by atoms with Crippen LogP contribution in [0.1, 0.15) is 33.3 Å².